The van der Waals surface area contributed by atoms with E-state index in [0.29, 0.717) is 19.4 Å². The van der Waals surface area contributed by atoms with Crippen LogP contribution < -0.4 is 56.5 Å². The summed E-state index contributed by atoms with van der Waals surface area (Å²) in [6, 6.07) is 0. The summed E-state index contributed by atoms with van der Waals surface area (Å²) in [5.74, 6) is -0.913. The normalized spacial score (nSPS) is 22.6. The number of hydrogen-bond acceptors (Lipinski definition) is 3. The van der Waals surface area contributed by atoms with Crippen LogP contribution in [-0.4, -0.2) is 61.9 Å². The third-order valence-corrected chi connectivity index (χ3v) is 4.93. The molecule has 2 fully saturated rings. The van der Waals surface area contributed by atoms with Crippen LogP contribution >= 0.6 is 0 Å². The molecule has 2 rings (SSSR count). The van der Waals surface area contributed by atoms with Crippen LogP contribution in [0.3, 0.4) is 0 Å². The molecule has 1 saturated heterocycles. The summed E-state index contributed by atoms with van der Waals surface area (Å²) in [5.41, 5.74) is -6.64. The smallest absolute Gasteiger partial charge is 0.854 e. The van der Waals surface area contributed by atoms with Crippen molar-refractivity contribution in [3.8, 4) is 0 Å². The number of alkyl halides is 9. The number of halogens is 9. The summed E-state index contributed by atoms with van der Waals surface area (Å²) in [6.07, 6.45) is -18.6. The zero-order chi connectivity index (χ0) is 22.0. The van der Waals surface area contributed by atoms with Crippen LogP contribution in [0.4, 0.5) is 39.5 Å². The molecule has 1 heterocycles. The predicted octanol–water partition coefficient (Wildman–Crippen LogP) is 0.921. The van der Waals surface area contributed by atoms with E-state index in [-0.39, 0.29) is 77.5 Å². The average Bonchev–Trinajstić information content (AvgIpc) is 3.17. The van der Waals surface area contributed by atoms with Crippen LogP contribution in [0.1, 0.15) is 33.1 Å². The minimum Gasteiger partial charge on any atom is -0.854 e. The molecule has 29 heavy (non-hydrogen) atoms. The van der Waals surface area contributed by atoms with Crippen molar-refractivity contribution in [2.24, 2.45) is 11.3 Å². The first kappa shape index (κ1) is 29.9. The Kier molecular flexibility index (Phi) is 11.0. The Morgan fingerprint density at radius 1 is 0.931 bits per heavy atom. The summed E-state index contributed by atoms with van der Waals surface area (Å²) >= 11 is 0. The number of ether oxygens (including phenoxy) is 1. The largest absolute Gasteiger partial charge is 1.00 e. The van der Waals surface area contributed by atoms with Crippen LogP contribution in [0.15, 0.2) is 0 Å². The van der Waals surface area contributed by atoms with E-state index in [1.807, 2.05) is 13.8 Å². The van der Waals surface area contributed by atoms with E-state index in [4.69, 9.17) is 0 Å². The van der Waals surface area contributed by atoms with Gasteiger partial charge in [-0.25, -0.2) is 0 Å². The maximum absolute atomic E-state index is 12.8. The van der Waals surface area contributed by atoms with Gasteiger partial charge in [0.1, 0.15) is 0 Å². The van der Waals surface area contributed by atoms with Crippen LogP contribution in [-0.2, 0) is 4.74 Å². The quantitative estimate of drug-likeness (QED) is 0.427. The molecule has 1 atom stereocenters. The Morgan fingerprint density at radius 3 is 1.72 bits per heavy atom. The van der Waals surface area contributed by atoms with Crippen LogP contribution in [0, 0.1) is 11.3 Å². The summed E-state index contributed by atoms with van der Waals surface area (Å²) in [5, 5.41) is 11.0. The van der Waals surface area contributed by atoms with E-state index >= 15 is 0 Å². The molecular weight excluding hydrogens is 448 g/mol. The first-order valence-electron chi connectivity index (χ1n) is 8.82. The standard InChI is InChI=1S/C14H17F9NO2.C2H6.K/c15-12(16,17)11(13(18,19)20,14(21,22)23)26-6-9-1-4-24(5-9)7-10(8-25)2-3-10;1-2;/h9H,1-8H2;1-2H3;/q-1;;+1. The van der Waals surface area contributed by atoms with Crippen molar-refractivity contribution < 1.29 is 101 Å². The van der Waals surface area contributed by atoms with Crippen molar-refractivity contribution in [3.63, 3.8) is 0 Å². The SMILES string of the molecule is CC.[K+].[O-]CC1(CN2CCC(COC(C(F)(F)F)(C(F)(F)F)C(F)(F)F)C2)CC1. The minimum atomic E-state index is -6.71. The zero-order valence-corrected chi connectivity index (χ0v) is 19.5. The Labute approximate surface area is 205 Å². The topological polar surface area (TPSA) is 35.5 Å². The molecule has 2 aliphatic rings. The average molecular weight is 471 g/mol. The third-order valence-electron chi connectivity index (χ3n) is 4.93. The van der Waals surface area contributed by atoms with Gasteiger partial charge in [-0.2, -0.15) is 39.5 Å². The third kappa shape index (κ3) is 6.69. The van der Waals surface area contributed by atoms with Gasteiger partial charge in [-0.1, -0.05) is 13.8 Å². The van der Waals surface area contributed by atoms with Gasteiger partial charge < -0.3 is 14.7 Å². The Hall–Kier alpha value is 0.886. The van der Waals surface area contributed by atoms with Crippen molar-refractivity contribution in [1.82, 2.24) is 4.90 Å². The Morgan fingerprint density at radius 2 is 1.38 bits per heavy atom. The molecule has 1 aliphatic heterocycles. The molecule has 0 aromatic heterocycles. The van der Waals surface area contributed by atoms with Gasteiger partial charge in [0, 0.05) is 13.1 Å². The van der Waals surface area contributed by atoms with Crippen molar-refractivity contribution in [3.05, 3.63) is 0 Å². The van der Waals surface area contributed by atoms with E-state index in [2.05, 4.69) is 4.74 Å². The molecule has 0 bridgehead atoms. The number of rotatable bonds is 6. The molecule has 3 nitrogen and oxygen atoms in total. The van der Waals surface area contributed by atoms with Gasteiger partial charge in [0.15, 0.2) is 0 Å². The zero-order valence-electron chi connectivity index (χ0n) is 16.4. The van der Waals surface area contributed by atoms with E-state index in [1.54, 1.807) is 4.90 Å². The molecule has 0 aromatic carbocycles. The molecule has 0 spiro atoms. The molecule has 0 aromatic rings. The van der Waals surface area contributed by atoms with Gasteiger partial charge in [0.05, 0.1) is 6.61 Å². The molecule has 0 amide bonds. The molecule has 0 N–H and O–H groups in total. The Balaban J connectivity index is 0.00000253. The molecule has 1 aliphatic carbocycles. The van der Waals surface area contributed by atoms with E-state index in [0.717, 1.165) is 0 Å². The maximum Gasteiger partial charge on any atom is 1.00 e. The minimum absolute atomic E-state index is 0. The van der Waals surface area contributed by atoms with Crippen molar-refractivity contribution in [1.29, 1.82) is 0 Å². The summed E-state index contributed by atoms with van der Waals surface area (Å²) in [6.45, 7) is 2.94. The summed E-state index contributed by atoms with van der Waals surface area (Å²) in [4.78, 5) is 1.68. The fourth-order valence-electron chi connectivity index (χ4n) is 3.16. The van der Waals surface area contributed by atoms with Crippen molar-refractivity contribution in [2.45, 2.75) is 57.2 Å². The fourth-order valence-corrected chi connectivity index (χ4v) is 3.16. The number of likely N-dealkylation sites (tertiary alicyclic amines) is 1. The van der Waals surface area contributed by atoms with Crippen molar-refractivity contribution >= 4 is 0 Å². The van der Waals surface area contributed by atoms with Gasteiger partial charge in [0.2, 0.25) is 0 Å². The molecule has 1 unspecified atom stereocenters. The summed E-state index contributed by atoms with van der Waals surface area (Å²) < 4.78 is 119. The van der Waals surface area contributed by atoms with Crippen LogP contribution in [0.25, 0.3) is 0 Å². The van der Waals surface area contributed by atoms with Gasteiger partial charge in [-0.15, -0.1) is 6.61 Å². The molecule has 168 valence electrons. The monoisotopic (exact) mass is 471 g/mol. The molecule has 1 saturated carbocycles. The molecule has 13 heteroatoms. The fraction of sp³-hybridized carbons (Fsp3) is 1.00. The first-order valence-corrected chi connectivity index (χ1v) is 8.82. The van der Waals surface area contributed by atoms with Gasteiger partial charge in [-0.3, -0.25) is 0 Å². The number of hydrogen-bond donors (Lipinski definition) is 0. The predicted molar refractivity (Wildman–Crippen MR) is 79.3 cm³/mol. The van der Waals surface area contributed by atoms with Crippen LogP contribution in [0.2, 0.25) is 0 Å². The summed E-state index contributed by atoms with van der Waals surface area (Å²) in [7, 11) is 0. The molecule has 0 radical (unpaired) electrons. The second kappa shape index (κ2) is 10.7. The Bertz CT molecular complexity index is 468. The second-order valence-electron chi connectivity index (χ2n) is 7.02. The first-order chi connectivity index (χ1) is 12.7. The van der Waals surface area contributed by atoms with Gasteiger partial charge >= 0.3 is 75.5 Å². The van der Waals surface area contributed by atoms with E-state index in [9.17, 15) is 44.6 Å². The van der Waals surface area contributed by atoms with Crippen LogP contribution in [0.5, 0.6) is 0 Å². The van der Waals surface area contributed by atoms with Crippen molar-refractivity contribution in [2.75, 3.05) is 32.8 Å². The van der Waals surface area contributed by atoms with E-state index < -0.39 is 42.1 Å². The number of nitrogens with zero attached hydrogens (tertiary/aromatic N) is 1. The van der Waals surface area contributed by atoms with Gasteiger partial charge in [0.25, 0.3) is 0 Å². The maximum atomic E-state index is 12.8. The molecular formula is C16H23F9KNO2. The van der Waals surface area contributed by atoms with E-state index in [1.165, 1.54) is 0 Å². The second-order valence-corrected chi connectivity index (χ2v) is 7.02. The van der Waals surface area contributed by atoms with Gasteiger partial charge in [-0.05, 0) is 37.1 Å².